The number of aromatic nitrogens is 2. The first-order valence-electron chi connectivity index (χ1n) is 8.95. The summed E-state index contributed by atoms with van der Waals surface area (Å²) in [5, 5.41) is 8.00. The second kappa shape index (κ2) is 6.38. The first kappa shape index (κ1) is 16.5. The number of nitrogens with zero attached hydrogens (tertiary/aromatic N) is 5. The molecule has 0 saturated carbocycles. The van der Waals surface area contributed by atoms with E-state index < -0.39 is 0 Å². The second-order valence-corrected chi connectivity index (χ2v) is 7.47. The third kappa shape index (κ3) is 3.02. The Morgan fingerprint density at radius 1 is 1.16 bits per heavy atom. The van der Waals surface area contributed by atoms with E-state index in [9.17, 15) is 4.79 Å². The highest BCUT2D eigenvalue weighted by Gasteiger charge is 2.41. The van der Waals surface area contributed by atoms with Gasteiger partial charge in [0.1, 0.15) is 11.0 Å². The fourth-order valence-corrected chi connectivity index (χ4v) is 4.21. The van der Waals surface area contributed by atoms with Gasteiger partial charge in [-0.2, -0.15) is 0 Å². The minimum absolute atomic E-state index is 0.0780. The van der Waals surface area contributed by atoms with Gasteiger partial charge in [-0.3, -0.25) is 14.6 Å². The molecule has 4 rings (SSSR count). The standard InChI is InChI=1S/C18H25N5O2/c1-21-9-8-18(7-6-16(21)24)13-23(11-10-22(18)2)12-14-4-3-5-15-17(14)20-25-19-15/h3-5H,6-13H2,1-2H3. The van der Waals surface area contributed by atoms with Crippen molar-refractivity contribution in [1.82, 2.24) is 25.0 Å². The van der Waals surface area contributed by atoms with Crippen molar-refractivity contribution < 1.29 is 9.42 Å². The van der Waals surface area contributed by atoms with Crippen molar-refractivity contribution in [2.24, 2.45) is 0 Å². The number of hydrogen-bond acceptors (Lipinski definition) is 6. The SMILES string of the molecule is CN1CCC2(CCC1=O)CN(Cc1cccc3nonc13)CCN2C. The number of amides is 1. The van der Waals surface area contributed by atoms with E-state index in [2.05, 4.69) is 33.2 Å². The number of likely N-dealkylation sites (N-methyl/N-ethyl adjacent to an activating group) is 1. The summed E-state index contributed by atoms with van der Waals surface area (Å²) in [5.41, 5.74) is 2.89. The number of rotatable bonds is 2. The lowest BCUT2D eigenvalue weighted by molar-refractivity contribution is -0.129. The van der Waals surface area contributed by atoms with Crippen LogP contribution in [0.15, 0.2) is 22.8 Å². The number of hydrogen-bond donors (Lipinski definition) is 0. The molecule has 1 atom stereocenters. The van der Waals surface area contributed by atoms with Crippen LogP contribution in [0, 0.1) is 0 Å². The van der Waals surface area contributed by atoms with Crippen molar-refractivity contribution in [3.63, 3.8) is 0 Å². The maximum atomic E-state index is 12.1. The fourth-order valence-electron chi connectivity index (χ4n) is 4.21. The number of carbonyl (C=O) groups is 1. The maximum absolute atomic E-state index is 12.1. The van der Waals surface area contributed by atoms with Gasteiger partial charge < -0.3 is 4.90 Å². The van der Waals surface area contributed by atoms with Crippen LogP contribution >= 0.6 is 0 Å². The zero-order valence-electron chi connectivity index (χ0n) is 14.9. The smallest absolute Gasteiger partial charge is 0.222 e. The van der Waals surface area contributed by atoms with Gasteiger partial charge in [-0.1, -0.05) is 12.1 Å². The van der Waals surface area contributed by atoms with Gasteiger partial charge in [-0.25, -0.2) is 4.63 Å². The molecule has 1 spiro atoms. The Labute approximate surface area is 147 Å². The Balaban J connectivity index is 1.54. The van der Waals surface area contributed by atoms with Gasteiger partial charge in [0.05, 0.1) is 0 Å². The number of fused-ring (bicyclic) bond motifs is 1. The maximum Gasteiger partial charge on any atom is 0.222 e. The van der Waals surface area contributed by atoms with E-state index in [1.807, 2.05) is 24.1 Å². The van der Waals surface area contributed by atoms with Crippen LogP contribution in [-0.4, -0.2) is 76.7 Å². The molecule has 7 nitrogen and oxygen atoms in total. The molecule has 2 aromatic rings. The third-order valence-corrected chi connectivity index (χ3v) is 5.99. The van der Waals surface area contributed by atoms with E-state index in [1.54, 1.807) is 0 Å². The van der Waals surface area contributed by atoms with Crippen LogP contribution in [0.3, 0.4) is 0 Å². The molecule has 1 amide bonds. The predicted molar refractivity (Wildman–Crippen MR) is 93.9 cm³/mol. The Bertz CT molecular complexity index is 776. The highest BCUT2D eigenvalue weighted by Crippen LogP contribution is 2.32. The Hall–Kier alpha value is -1.99. The Morgan fingerprint density at radius 2 is 2.04 bits per heavy atom. The van der Waals surface area contributed by atoms with Crippen LogP contribution in [0.2, 0.25) is 0 Å². The normalized spacial score (nSPS) is 26.5. The number of carbonyl (C=O) groups excluding carboxylic acids is 1. The molecular formula is C18H25N5O2. The molecule has 1 aromatic carbocycles. The lowest BCUT2D eigenvalue weighted by Gasteiger charge is -2.49. The topological polar surface area (TPSA) is 65.7 Å². The molecule has 3 heterocycles. The van der Waals surface area contributed by atoms with Crippen LogP contribution in [0.5, 0.6) is 0 Å². The molecule has 2 aliphatic rings. The molecule has 25 heavy (non-hydrogen) atoms. The second-order valence-electron chi connectivity index (χ2n) is 7.47. The third-order valence-electron chi connectivity index (χ3n) is 5.99. The van der Waals surface area contributed by atoms with E-state index in [0.717, 1.165) is 62.2 Å². The molecule has 1 aromatic heterocycles. The van der Waals surface area contributed by atoms with Gasteiger partial charge in [0.2, 0.25) is 5.91 Å². The van der Waals surface area contributed by atoms with Gasteiger partial charge in [0.25, 0.3) is 0 Å². The Morgan fingerprint density at radius 3 is 2.92 bits per heavy atom. The van der Waals surface area contributed by atoms with Crippen LogP contribution in [0.4, 0.5) is 0 Å². The summed E-state index contributed by atoms with van der Waals surface area (Å²) < 4.78 is 4.89. The zero-order chi connectivity index (χ0) is 17.4. The monoisotopic (exact) mass is 343 g/mol. The van der Waals surface area contributed by atoms with Gasteiger partial charge >= 0.3 is 0 Å². The lowest BCUT2D eigenvalue weighted by Crippen LogP contribution is -2.60. The molecule has 2 saturated heterocycles. The van der Waals surface area contributed by atoms with Crippen molar-refractivity contribution in [1.29, 1.82) is 0 Å². The summed E-state index contributed by atoms with van der Waals surface area (Å²) in [6, 6.07) is 6.03. The van der Waals surface area contributed by atoms with Gasteiger partial charge in [-0.05, 0) is 41.8 Å². The molecule has 0 radical (unpaired) electrons. The van der Waals surface area contributed by atoms with Crippen LogP contribution in [0.1, 0.15) is 24.8 Å². The molecule has 0 aliphatic carbocycles. The van der Waals surface area contributed by atoms with Crippen molar-refractivity contribution in [3.8, 4) is 0 Å². The first-order chi connectivity index (χ1) is 12.1. The molecular weight excluding hydrogens is 318 g/mol. The van der Waals surface area contributed by atoms with Crippen molar-refractivity contribution in [2.45, 2.75) is 31.3 Å². The molecule has 2 fully saturated rings. The summed E-state index contributed by atoms with van der Waals surface area (Å²) >= 11 is 0. The number of likely N-dealkylation sites (tertiary alicyclic amines) is 1. The minimum atomic E-state index is 0.0780. The average Bonchev–Trinajstić information content (AvgIpc) is 3.05. The molecule has 134 valence electrons. The summed E-state index contributed by atoms with van der Waals surface area (Å²) in [6.07, 6.45) is 2.59. The Kier molecular flexibility index (Phi) is 4.21. The highest BCUT2D eigenvalue weighted by atomic mass is 16.6. The van der Waals surface area contributed by atoms with Crippen molar-refractivity contribution >= 4 is 16.9 Å². The molecule has 1 unspecified atom stereocenters. The van der Waals surface area contributed by atoms with E-state index in [1.165, 1.54) is 0 Å². The largest absolute Gasteiger partial charge is 0.346 e. The molecule has 0 bridgehead atoms. The summed E-state index contributed by atoms with van der Waals surface area (Å²) in [4.78, 5) is 18.9. The summed E-state index contributed by atoms with van der Waals surface area (Å²) in [5.74, 6) is 0.265. The van der Waals surface area contributed by atoms with Crippen molar-refractivity contribution in [2.75, 3.05) is 40.3 Å². The summed E-state index contributed by atoms with van der Waals surface area (Å²) in [7, 11) is 4.12. The van der Waals surface area contributed by atoms with Crippen molar-refractivity contribution in [3.05, 3.63) is 23.8 Å². The molecule has 7 heteroatoms. The average molecular weight is 343 g/mol. The lowest BCUT2D eigenvalue weighted by atomic mass is 9.86. The number of piperazine rings is 1. The molecule has 2 aliphatic heterocycles. The van der Waals surface area contributed by atoms with Crippen LogP contribution < -0.4 is 0 Å². The highest BCUT2D eigenvalue weighted by molar-refractivity contribution is 5.77. The fraction of sp³-hybridized carbons (Fsp3) is 0.611. The van der Waals surface area contributed by atoms with E-state index in [0.29, 0.717) is 6.42 Å². The van der Waals surface area contributed by atoms with Gasteiger partial charge in [-0.15, -0.1) is 0 Å². The van der Waals surface area contributed by atoms with Crippen LogP contribution in [0.25, 0.3) is 11.0 Å². The number of benzene rings is 1. The first-order valence-corrected chi connectivity index (χ1v) is 8.95. The van der Waals surface area contributed by atoms with Gasteiger partial charge in [0.15, 0.2) is 0 Å². The minimum Gasteiger partial charge on any atom is -0.346 e. The van der Waals surface area contributed by atoms with Gasteiger partial charge in [0, 0.05) is 51.7 Å². The molecule has 0 N–H and O–H groups in total. The van der Waals surface area contributed by atoms with E-state index in [-0.39, 0.29) is 11.4 Å². The summed E-state index contributed by atoms with van der Waals surface area (Å²) in [6.45, 7) is 4.69. The zero-order valence-corrected chi connectivity index (χ0v) is 14.9. The van der Waals surface area contributed by atoms with E-state index >= 15 is 0 Å². The van der Waals surface area contributed by atoms with E-state index in [4.69, 9.17) is 4.63 Å². The quantitative estimate of drug-likeness (QED) is 0.820. The predicted octanol–water partition coefficient (Wildman–Crippen LogP) is 1.35. The van der Waals surface area contributed by atoms with Crippen LogP contribution in [-0.2, 0) is 11.3 Å².